The number of rotatable bonds is 2. The first-order valence-corrected chi connectivity index (χ1v) is 4.13. The van der Waals surface area contributed by atoms with Crippen molar-refractivity contribution in [3.05, 3.63) is 0 Å². The second kappa shape index (κ2) is 2.19. The lowest BCUT2D eigenvalue weighted by Gasteiger charge is -2.59. The van der Waals surface area contributed by atoms with Crippen LogP contribution in [-0.2, 0) is 4.74 Å². The highest BCUT2D eigenvalue weighted by molar-refractivity contribution is 5.06. The van der Waals surface area contributed by atoms with Crippen molar-refractivity contribution in [1.82, 2.24) is 0 Å². The predicted octanol–water partition coefficient (Wildman–Crippen LogP) is -0.266. The highest BCUT2D eigenvalue weighted by atomic mass is 16.5. The van der Waals surface area contributed by atoms with Crippen LogP contribution >= 0.6 is 0 Å². The zero-order chi connectivity index (χ0) is 7.95. The van der Waals surface area contributed by atoms with E-state index < -0.39 is 0 Å². The van der Waals surface area contributed by atoms with E-state index in [4.69, 9.17) is 15.6 Å². The SMILES string of the molecule is NCC1(CO)CC2(COC2)C1. The van der Waals surface area contributed by atoms with Gasteiger partial charge in [-0.05, 0) is 12.8 Å². The van der Waals surface area contributed by atoms with Gasteiger partial charge in [-0.1, -0.05) is 0 Å². The standard InChI is InChI=1S/C8H15NO2/c9-3-7(4-10)1-8(2-7)5-11-6-8/h10H,1-6,9H2. The van der Waals surface area contributed by atoms with E-state index in [2.05, 4.69) is 0 Å². The van der Waals surface area contributed by atoms with Gasteiger partial charge in [0.1, 0.15) is 0 Å². The number of hydrogen-bond donors (Lipinski definition) is 2. The third kappa shape index (κ3) is 0.916. The van der Waals surface area contributed by atoms with E-state index in [0.717, 1.165) is 26.1 Å². The fraction of sp³-hybridized carbons (Fsp3) is 1.00. The Morgan fingerprint density at radius 2 is 2.00 bits per heavy atom. The summed E-state index contributed by atoms with van der Waals surface area (Å²) >= 11 is 0. The van der Waals surface area contributed by atoms with Crippen LogP contribution in [0.15, 0.2) is 0 Å². The summed E-state index contributed by atoms with van der Waals surface area (Å²) < 4.78 is 5.14. The van der Waals surface area contributed by atoms with Gasteiger partial charge in [0.05, 0.1) is 13.2 Å². The minimum atomic E-state index is 0.0454. The first-order chi connectivity index (χ1) is 5.24. The molecule has 0 atom stereocenters. The lowest BCUT2D eigenvalue weighted by molar-refractivity contribution is -0.217. The van der Waals surface area contributed by atoms with Crippen LogP contribution in [0.1, 0.15) is 12.8 Å². The lowest BCUT2D eigenvalue weighted by atomic mass is 9.52. The monoisotopic (exact) mass is 157 g/mol. The van der Waals surface area contributed by atoms with Crippen molar-refractivity contribution in [2.45, 2.75) is 12.8 Å². The fourth-order valence-corrected chi connectivity index (χ4v) is 2.45. The molecule has 3 heteroatoms. The molecule has 2 aliphatic rings. The molecular formula is C8H15NO2. The van der Waals surface area contributed by atoms with Crippen LogP contribution < -0.4 is 5.73 Å². The zero-order valence-electron chi connectivity index (χ0n) is 6.68. The van der Waals surface area contributed by atoms with Gasteiger partial charge in [0.2, 0.25) is 0 Å². The van der Waals surface area contributed by atoms with Crippen molar-refractivity contribution in [2.24, 2.45) is 16.6 Å². The Hall–Kier alpha value is -0.120. The van der Waals surface area contributed by atoms with Crippen LogP contribution in [0.2, 0.25) is 0 Å². The molecule has 1 aliphatic carbocycles. The summed E-state index contributed by atoms with van der Waals surface area (Å²) in [6.07, 6.45) is 2.12. The molecule has 0 bridgehead atoms. The van der Waals surface area contributed by atoms with Crippen LogP contribution in [-0.4, -0.2) is 31.5 Å². The second-order valence-electron chi connectivity index (χ2n) is 4.21. The number of ether oxygens (including phenoxy) is 1. The van der Waals surface area contributed by atoms with E-state index >= 15 is 0 Å². The van der Waals surface area contributed by atoms with E-state index in [-0.39, 0.29) is 12.0 Å². The summed E-state index contributed by atoms with van der Waals surface area (Å²) in [4.78, 5) is 0. The van der Waals surface area contributed by atoms with Gasteiger partial charge < -0.3 is 15.6 Å². The maximum atomic E-state index is 9.07. The Bertz CT molecular complexity index is 151. The molecule has 1 aliphatic heterocycles. The average Bonchev–Trinajstić information content (AvgIpc) is 1.85. The summed E-state index contributed by atoms with van der Waals surface area (Å²) in [5, 5.41) is 9.07. The Labute approximate surface area is 66.5 Å². The third-order valence-corrected chi connectivity index (χ3v) is 3.08. The number of hydrogen-bond acceptors (Lipinski definition) is 3. The van der Waals surface area contributed by atoms with E-state index in [9.17, 15) is 0 Å². The molecule has 3 nitrogen and oxygen atoms in total. The first-order valence-electron chi connectivity index (χ1n) is 4.13. The molecule has 1 spiro atoms. The molecule has 1 saturated carbocycles. The molecule has 0 aromatic rings. The molecule has 1 saturated heterocycles. The van der Waals surface area contributed by atoms with Crippen molar-refractivity contribution in [3.8, 4) is 0 Å². The number of nitrogens with two attached hydrogens (primary N) is 1. The molecule has 3 N–H and O–H groups in total. The van der Waals surface area contributed by atoms with Gasteiger partial charge >= 0.3 is 0 Å². The Balaban J connectivity index is 1.93. The van der Waals surface area contributed by atoms with Gasteiger partial charge in [-0.15, -0.1) is 0 Å². The van der Waals surface area contributed by atoms with E-state index in [1.54, 1.807) is 0 Å². The smallest absolute Gasteiger partial charge is 0.0545 e. The van der Waals surface area contributed by atoms with Gasteiger partial charge in [0, 0.05) is 24.0 Å². The molecular weight excluding hydrogens is 142 g/mol. The maximum absolute atomic E-state index is 9.07. The van der Waals surface area contributed by atoms with E-state index in [0.29, 0.717) is 12.0 Å². The number of aliphatic hydroxyl groups excluding tert-OH is 1. The van der Waals surface area contributed by atoms with Gasteiger partial charge in [-0.25, -0.2) is 0 Å². The molecule has 0 aromatic carbocycles. The van der Waals surface area contributed by atoms with Crippen LogP contribution in [0.5, 0.6) is 0 Å². The molecule has 1 heterocycles. The Kier molecular flexibility index (Phi) is 1.50. The largest absolute Gasteiger partial charge is 0.396 e. The Morgan fingerprint density at radius 3 is 2.27 bits per heavy atom. The molecule has 2 fully saturated rings. The summed E-state index contributed by atoms with van der Waals surface area (Å²) in [6.45, 7) is 2.62. The highest BCUT2D eigenvalue weighted by Crippen LogP contribution is 2.57. The molecule has 0 aromatic heterocycles. The van der Waals surface area contributed by atoms with Crippen LogP contribution in [0.3, 0.4) is 0 Å². The quantitative estimate of drug-likeness (QED) is 0.580. The molecule has 11 heavy (non-hydrogen) atoms. The van der Waals surface area contributed by atoms with E-state index in [1.165, 1.54) is 0 Å². The van der Waals surface area contributed by atoms with Crippen LogP contribution in [0.4, 0.5) is 0 Å². The minimum Gasteiger partial charge on any atom is -0.396 e. The first kappa shape index (κ1) is 7.53. The van der Waals surface area contributed by atoms with Crippen molar-refractivity contribution in [2.75, 3.05) is 26.4 Å². The summed E-state index contributed by atoms with van der Waals surface area (Å²) in [5.74, 6) is 0. The Morgan fingerprint density at radius 1 is 1.36 bits per heavy atom. The third-order valence-electron chi connectivity index (χ3n) is 3.08. The molecule has 0 radical (unpaired) electrons. The van der Waals surface area contributed by atoms with E-state index in [1.807, 2.05) is 0 Å². The summed E-state index contributed by atoms with van der Waals surface area (Å²) in [7, 11) is 0. The van der Waals surface area contributed by atoms with Crippen LogP contribution in [0.25, 0.3) is 0 Å². The average molecular weight is 157 g/mol. The molecule has 64 valence electrons. The van der Waals surface area contributed by atoms with Crippen LogP contribution in [0, 0.1) is 10.8 Å². The number of aliphatic hydroxyl groups is 1. The topological polar surface area (TPSA) is 55.5 Å². The lowest BCUT2D eigenvalue weighted by Crippen LogP contribution is -2.61. The van der Waals surface area contributed by atoms with Gasteiger partial charge in [0.15, 0.2) is 0 Å². The van der Waals surface area contributed by atoms with Crippen molar-refractivity contribution in [3.63, 3.8) is 0 Å². The van der Waals surface area contributed by atoms with Crippen molar-refractivity contribution < 1.29 is 9.84 Å². The highest BCUT2D eigenvalue weighted by Gasteiger charge is 2.57. The second-order valence-corrected chi connectivity index (χ2v) is 4.21. The molecule has 0 amide bonds. The zero-order valence-corrected chi connectivity index (χ0v) is 6.68. The minimum absolute atomic E-state index is 0.0454. The summed E-state index contributed by atoms with van der Waals surface area (Å²) in [6, 6.07) is 0. The molecule has 2 rings (SSSR count). The van der Waals surface area contributed by atoms with Crippen molar-refractivity contribution >= 4 is 0 Å². The molecule has 0 unspecified atom stereocenters. The van der Waals surface area contributed by atoms with Gasteiger partial charge in [0.25, 0.3) is 0 Å². The summed E-state index contributed by atoms with van der Waals surface area (Å²) in [5.41, 5.74) is 6.04. The van der Waals surface area contributed by atoms with Gasteiger partial charge in [-0.2, -0.15) is 0 Å². The predicted molar refractivity (Wildman–Crippen MR) is 41.1 cm³/mol. The van der Waals surface area contributed by atoms with Gasteiger partial charge in [-0.3, -0.25) is 0 Å². The van der Waals surface area contributed by atoms with Crippen molar-refractivity contribution in [1.29, 1.82) is 0 Å². The normalized spacial score (nSPS) is 31.1. The maximum Gasteiger partial charge on any atom is 0.0545 e. The fourth-order valence-electron chi connectivity index (χ4n) is 2.45.